The molecule has 0 spiro atoms. The van der Waals surface area contributed by atoms with Gasteiger partial charge in [-0.1, -0.05) is 78.9 Å². The van der Waals surface area contributed by atoms with Gasteiger partial charge in [0.05, 0.1) is 0 Å². The Hall–Kier alpha value is -1.56. The van der Waals surface area contributed by atoms with Gasteiger partial charge in [0.25, 0.3) is 0 Å². The van der Waals surface area contributed by atoms with E-state index in [4.69, 9.17) is 0 Å². The summed E-state index contributed by atoms with van der Waals surface area (Å²) in [6, 6.07) is 32.7. The van der Waals surface area contributed by atoms with E-state index in [2.05, 4.69) is 91.0 Å². The minimum Gasteiger partial charge on any atom is -0.126 e. The summed E-state index contributed by atoms with van der Waals surface area (Å²) < 4.78 is 0. The molecule has 3 rings (SSSR count). The van der Waals surface area contributed by atoms with Crippen molar-refractivity contribution < 1.29 is 0 Å². The number of hydrogen-bond acceptors (Lipinski definition) is 1. The van der Waals surface area contributed by atoms with Gasteiger partial charge in [0.2, 0.25) is 0 Å². The molecule has 3 aromatic carbocycles. The summed E-state index contributed by atoms with van der Waals surface area (Å²) in [7, 11) is 0.0749. The Labute approximate surface area is 163 Å². The lowest BCUT2D eigenvalue weighted by Gasteiger charge is -2.18. The number of hydrogen-bond donors (Lipinski definition) is 0. The third-order valence-corrected chi connectivity index (χ3v) is 8.42. The molecule has 0 nitrogen and oxygen atoms in total. The summed E-state index contributed by atoms with van der Waals surface area (Å²) >= 11 is 2.01. The summed E-state index contributed by atoms with van der Waals surface area (Å²) in [6.45, 7) is 0. The lowest BCUT2D eigenvalue weighted by Crippen LogP contribution is -2.02. The van der Waals surface area contributed by atoms with E-state index in [0.717, 1.165) is 0 Å². The maximum Gasteiger partial charge on any atom is 0.00720 e. The van der Waals surface area contributed by atoms with E-state index >= 15 is 0 Å². The monoisotopic (exact) mass is 378 g/mol. The van der Waals surface area contributed by atoms with Crippen LogP contribution in [0.4, 0.5) is 0 Å². The molecule has 0 fully saturated rings. The Kier molecular flexibility index (Phi) is 8.29. The van der Waals surface area contributed by atoms with Crippen LogP contribution in [0.25, 0.3) is 0 Å². The highest BCUT2D eigenvalue weighted by atomic mass is 32.2. The highest BCUT2D eigenvalue weighted by molar-refractivity contribution is 7.99. The first-order valence-corrected chi connectivity index (χ1v) is 12.3. The highest BCUT2D eigenvalue weighted by Crippen LogP contribution is 2.38. The Morgan fingerprint density at radius 1 is 0.538 bits per heavy atom. The molecule has 0 aliphatic rings. The van der Waals surface area contributed by atoms with Gasteiger partial charge in [-0.25, -0.2) is 0 Å². The molecule has 0 heterocycles. The summed E-state index contributed by atoms with van der Waals surface area (Å²) in [6.07, 6.45) is 6.49. The molecule has 2 heteroatoms. The molecule has 0 bridgehead atoms. The van der Waals surface area contributed by atoms with Crippen LogP contribution in [0.2, 0.25) is 0 Å². The highest BCUT2D eigenvalue weighted by Gasteiger charge is 2.09. The smallest absolute Gasteiger partial charge is 0.00720 e. The second-order valence-electron chi connectivity index (χ2n) is 6.47. The maximum absolute atomic E-state index is 2.27. The molecule has 134 valence electrons. The zero-order chi connectivity index (χ0) is 17.9. The van der Waals surface area contributed by atoms with Crippen LogP contribution in [0.5, 0.6) is 0 Å². The minimum atomic E-state index is 0.0749. The molecule has 0 N–H and O–H groups in total. The summed E-state index contributed by atoms with van der Waals surface area (Å²) in [4.78, 5) is 1.40. The molecule has 0 aliphatic carbocycles. The average molecular weight is 379 g/mol. The molecule has 0 aromatic heterocycles. The zero-order valence-electron chi connectivity index (χ0n) is 15.3. The average Bonchev–Trinajstić information content (AvgIpc) is 2.72. The van der Waals surface area contributed by atoms with Crippen molar-refractivity contribution in [1.82, 2.24) is 0 Å². The van der Waals surface area contributed by atoms with Crippen molar-refractivity contribution in [1.29, 1.82) is 0 Å². The third kappa shape index (κ3) is 6.98. The Morgan fingerprint density at radius 2 is 1.00 bits per heavy atom. The van der Waals surface area contributed by atoms with Gasteiger partial charge in [-0.05, 0) is 54.6 Å². The van der Waals surface area contributed by atoms with Crippen molar-refractivity contribution in [2.75, 3.05) is 24.2 Å². The summed E-state index contributed by atoms with van der Waals surface area (Å²) in [5, 5.41) is 0. The Balaban J connectivity index is 1.51. The first kappa shape index (κ1) is 19.2. The molecule has 0 unspecified atom stereocenters. The van der Waals surface area contributed by atoms with Gasteiger partial charge in [-0.15, -0.1) is 19.7 Å². The fraction of sp³-hybridized carbons (Fsp3) is 0.250. The molecule has 0 amide bonds. The van der Waals surface area contributed by atoms with Gasteiger partial charge >= 0.3 is 0 Å². The number of benzene rings is 3. The quantitative estimate of drug-likeness (QED) is 0.278. The van der Waals surface area contributed by atoms with Crippen molar-refractivity contribution in [2.45, 2.75) is 17.7 Å². The summed E-state index contributed by atoms with van der Waals surface area (Å²) in [5.74, 6) is 1.24. The molecule has 26 heavy (non-hydrogen) atoms. The number of rotatable bonds is 10. The Morgan fingerprint density at radius 3 is 1.50 bits per heavy atom. The van der Waals surface area contributed by atoms with E-state index in [-0.39, 0.29) is 7.92 Å². The van der Waals surface area contributed by atoms with Gasteiger partial charge < -0.3 is 0 Å². The first-order valence-electron chi connectivity index (χ1n) is 9.38. The van der Waals surface area contributed by atoms with Crippen LogP contribution >= 0.6 is 19.7 Å². The van der Waals surface area contributed by atoms with Crippen LogP contribution in [-0.2, 0) is 12.8 Å². The lowest BCUT2D eigenvalue weighted by molar-refractivity contribution is 1.09. The fourth-order valence-electron chi connectivity index (χ4n) is 3.01. The standard InChI is InChI=1S/C24H27PS/c1-4-10-22(11-5-1)16-18-25(19-17-23-12-6-2-7-13-23)20-21-26-24-14-8-3-9-15-24/h1-15H,16-21H2. The van der Waals surface area contributed by atoms with Gasteiger partial charge in [0, 0.05) is 10.6 Å². The molecule has 0 saturated carbocycles. The molecule has 0 aliphatic heterocycles. The Bertz CT molecular complexity index is 684. The SMILES string of the molecule is c1ccc(CCP(CCSc2ccccc2)CCc2ccccc2)cc1. The molecule has 0 saturated heterocycles. The third-order valence-electron chi connectivity index (χ3n) is 4.54. The van der Waals surface area contributed by atoms with Crippen LogP contribution in [-0.4, -0.2) is 24.2 Å². The second-order valence-corrected chi connectivity index (χ2v) is 10.3. The van der Waals surface area contributed by atoms with Crippen molar-refractivity contribution in [3.8, 4) is 0 Å². The lowest BCUT2D eigenvalue weighted by atomic mass is 10.2. The predicted octanol–water partition coefficient (Wildman–Crippen LogP) is 6.75. The van der Waals surface area contributed by atoms with E-state index in [1.165, 1.54) is 53.1 Å². The molecule has 3 aromatic rings. The second kappa shape index (κ2) is 11.2. The predicted molar refractivity (Wildman–Crippen MR) is 119 cm³/mol. The summed E-state index contributed by atoms with van der Waals surface area (Å²) in [5.41, 5.74) is 2.96. The van der Waals surface area contributed by atoms with Crippen molar-refractivity contribution >= 4 is 19.7 Å². The van der Waals surface area contributed by atoms with Gasteiger partial charge in [-0.3, -0.25) is 0 Å². The van der Waals surface area contributed by atoms with Crippen molar-refractivity contribution in [3.63, 3.8) is 0 Å². The van der Waals surface area contributed by atoms with E-state index in [0.29, 0.717) is 0 Å². The molecular formula is C24H27PS. The molecule has 0 atom stereocenters. The van der Waals surface area contributed by atoms with Gasteiger partial charge in [-0.2, -0.15) is 0 Å². The van der Waals surface area contributed by atoms with E-state index in [1.54, 1.807) is 0 Å². The van der Waals surface area contributed by atoms with Crippen LogP contribution < -0.4 is 0 Å². The van der Waals surface area contributed by atoms with Gasteiger partial charge in [0.1, 0.15) is 0 Å². The van der Waals surface area contributed by atoms with Crippen molar-refractivity contribution in [2.24, 2.45) is 0 Å². The first-order chi connectivity index (χ1) is 12.9. The van der Waals surface area contributed by atoms with E-state index in [1.807, 2.05) is 11.8 Å². The molecular weight excluding hydrogens is 351 g/mol. The van der Waals surface area contributed by atoms with Crippen LogP contribution in [0.3, 0.4) is 0 Å². The van der Waals surface area contributed by atoms with Crippen LogP contribution in [0, 0.1) is 0 Å². The maximum atomic E-state index is 2.27. The number of aryl methyl sites for hydroxylation is 2. The number of thioether (sulfide) groups is 1. The fourth-order valence-corrected chi connectivity index (χ4v) is 6.81. The van der Waals surface area contributed by atoms with Crippen LogP contribution in [0.1, 0.15) is 11.1 Å². The normalized spacial score (nSPS) is 11.0. The minimum absolute atomic E-state index is 0.0749. The van der Waals surface area contributed by atoms with Crippen LogP contribution in [0.15, 0.2) is 95.9 Å². The van der Waals surface area contributed by atoms with E-state index in [9.17, 15) is 0 Å². The molecule has 0 radical (unpaired) electrons. The van der Waals surface area contributed by atoms with E-state index < -0.39 is 0 Å². The van der Waals surface area contributed by atoms with Gasteiger partial charge in [0.15, 0.2) is 0 Å². The van der Waals surface area contributed by atoms with Crippen molar-refractivity contribution in [3.05, 3.63) is 102 Å². The topological polar surface area (TPSA) is 0 Å². The largest absolute Gasteiger partial charge is 0.126 e. The zero-order valence-corrected chi connectivity index (χ0v) is 17.0.